The van der Waals surface area contributed by atoms with Gasteiger partial charge in [-0.15, -0.1) is 0 Å². The highest BCUT2D eigenvalue weighted by Crippen LogP contribution is 2.36. The third kappa shape index (κ3) is 2.80. The predicted octanol–water partition coefficient (Wildman–Crippen LogP) is 2.32. The Morgan fingerprint density at radius 1 is 1.33 bits per heavy atom. The molecule has 106 valence electrons. The van der Waals surface area contributed by atoms with Crippen LogP contribution in [0.15, 0.2) is 36.7 Å². The summed E-state index contributed by atoms with van der Waals surface area (Å²) in [5, 5.41) is 5.65. The lowest BCUT2D eigenvalue weighted by molar-refractivity contribution is -0.118. The van der Waals surface area contributed by atoms with Gasteiger partial charge in [-0.05, 0) is 18.2 Å². The fourth-order valence-electron chi connectivity index (χ4n) is 1.89. The second-order valence-electron chi connectivity index (χ2n) is 4.36. The predicted molar refractivity (Wildman–Crippen MR) is 77.8 cm³/mol. The molecule has 2 N–H and O–H groups in total. The maximum atomic E-state index is 12.1. The third-order valence-corrected chi connectivity index (χ3v) is 3.21. The van der Waals surface area contributed by atoms with Crippen LogP contribution in [0.3, 0.4) is 0 Å². The van der Waals surface area contributed by atoms with E-state index in [1.807, 2.05) is 0 Å². The number of hydrogen-bond acceptors (Lipinski definition) is 4. The summed E-state index contributed by atoms with van der Waals surface area (Å²) in [6.07, 6.45) is 3.06. The van der Waals surface area contributed by atoms with E-state index < -0.39 is 0 Å². The van der Waals surface area contributed by atoms with Gasteiger partial charge < -0.3 is 15.4 Å². The summed E-state index contributed by atoms with van der Waals surface area (Å²) >= 11 is 6.11. The Morgan fingerprint density at radius 2 is 2.10 bits per heavy atom. The van der Waals surface area contributed by atoms with Crippen LogP contribution in [0.5, 0.6) is 5.75 Å². The molecule has 2 amide bonds. The highest BCUT2D eigenvalue weighted by Gasteiger charge is 2.19. The zero-order chi connectivity index (χ0) is 14.8. The molecule has 1 aliphatic heterocycles. The highest BCUT2D eigenvalue weighted by atomic mass is 35.5. The van der Waals surface area contributed by atoms with E-state index in [0.717, 1.165) is 0 Å². The monoisotopic (exact) mass is 303 g/mol. The van der Waals surface area contributed by atoms with Gasteiger partial charge in [0, 0.05) is 24.0 Å². The lowest BCUT2D eigenvalue weighted by atomic mass is 10.2. The van der Waals surface area contributed by atoms with Crippen LogP contribution in [0.2, 0.25) is 5.02 Å². The molecule has 0 unspecified atom stereocenters. The number of halogens is 1. The number of aromatic nitrogens is 1. The molecule has 7 heteroatoms. The van der Waals surface area contributed by atoms with Gasteiger partial charge in [-0.3, -0.25) is 14.6 Å². The fraction of sp³-hybridized carbons (Fsp3) is 0.0714. The quantitative estimate of drug-likeness (QED) is 0.892. The third-order valence-electron chi connectivity index (χ3n) is 2.89. The molecule has 0 saturated heterocycles. The van der Waals surface area contributed by atoms with Crippen molar-refractivity contribution in [3.63, 3.8) is 0 Å². The molecule has 21 heavy (non-hydrogen) atoms. The summed E-state index contributed by atoms with van der Waals surface area (Å²) in [6.45, 7) is -0.0631. The number of amides is 2. The zero-order valence-electron chi connectivity index (χ0n) is 10.7. The second-order valence-corrected chi connectivity index (χ2v) is 4.76. The van der Waals surface area contributed by atoms with E-state index in [2.05, 4.69) is 15.6 Å². The molecule has 0 fully saturated rings. The normalized spacial score (nSPS) is 12.9. The van der Waals surface area contributed by atoms with Crippen molar-refractivity contribution in [1.82, 2.24) is 4.98 Å². The fourth-order valence-corrected chi connectivity index (χ4v) is 2.10. The number of fused-ring (bicyclic) bond motifs is 1. The number of anilines is 2. The van der Waals surface area contributed by atoms with Gasteiger partial charge in [0.15, 0.2) is 6.61 Å². The highest BCUT2D eigenvalue weighted by molar-refractivity contribution is 6.34. The topological polar surface area (TPSA) is 80.3 Å². The molecule has 0 aliphatic carbocycles. The first kappa shape index (κ1) is 13.4. The number of nitrogens with zero attached hydrogens (tertiary/aromatic N) is 1. The maximum Gasteiger partial charge on any atom is 0.262 e. The van der Waals surface area contributed by atoms with Crippen molar-refractivity contribution >= 4 is 34.8 Å². The van der Waals surface area contributed by atoms with Crippen LogP contribution in [0, 0.1) is 0 Å². The van der Waals surface area contributed by atoms with E-state index >= 15 is 0 Å². The molecule has 2 heterocycles. The average Bonchev–Trinajstić information content (AvgIpc) is 2.49. The van der Waals surface area contributed by atoms with Crippen molar-refractivity contribution in [1.29, 1.82) is 0 Å². The van der Waals surface area contributed by atoms with Gasteiger partial charge in [0.1, 0.15) is 5.75 Å². The molecule has 0 radical (unpaired) electrons. The summed E-state index contributed by atoms with van der Waals surface area (Å²) < 4.78 is 5.29. The van der Waals surface area contributed by atoms with E-state index in [1.165, 1.54) is 18.5 Å². The molecule has 0 spiro atoms. The van der Waals surface area contributed by atoms with Crippen molar-refractivity contribution in [3.05, 3.63) is 47.2 Å². The smallest absolute Gasteiger partial charge is 0.262 e. The minimum Gasteiger partial charge on any atom is -0.482 e. The summed E-state index contributed by atoms with van der Waals surface area (Å²) in [5.74, 6) is -0.0877. The first-order valence-corrected chi connectivity index (χ1v) is 6.49. The number of pyridine rings is 1. The molecule has 1 aliphatic rings. The SMILES string of the molecule is O=C1COc2cc(NC(=O)c3ccncc3)c(Cl)cc2N1. The first-order chi connectivity index (χ1) is 10.1. The lowest BCUT2D eigenvalue weighted by Crippen LogP contribution is -2.25. The molecule has 2 aromatic rings. The summed E-state index contributed by atoms with van der Waals surface area (Å²) in [5.41, 5.74) is 1.36. The van der Waals surface area contributed by atoms with Crippen LogP contribution >= 0.6 is 11.6 Å². The number of hydrogen-bond donors (Lipinski definition) is 2. The number of ether oxygens (including phenoxy) is 1. The summed E-state index contributed by atoms with van der Waals surface area (Å²) in [7, 11) is 0. The van der Waals surface area contributed by atoms with Gasteiger partial charge in [0.05, 0.1) is 16.4 Å². The minimum absolute atomic E-state index is 0.0631. The first-order valence-electron chi connectivity index (χ1n) is 6.11. The molecule has 0 bridgehead atoms. The molecular weight excluding hydrogens is 294 g/mol. The molecule has 6 nitrogen and oxygen atoms in total. The second kappa shape index (κ2) is 5.41. The Morgan fingerprint density at radius 3 is 2.86 bits per heavy atom. The van der Waals surface area contributed by atoms with Crippen LogP contribution in [-0.2, 0) is 4.79 Å². The van der Waals surface area contributed by atoms with Crippen LogP contribution in [0.25, 0.3) is 0 Å². The Labute approximate surface area is 125 Å². The Hall–Kier alpha value is -2.60. The van der Waals surface area contributed by atoms with Crippen LogP contribution in [0.1, 0.15) is 10.4 Å². The minimum atomic E-state index is -0.306. The molecule has 0 saturated carbocycles. The average molecular weight is 304 g/mol. The van der Waals surface area contributed by atoms with Crippen molar-refractivity contribution in [2.24, 2.45) is 0 Å². The Balaban J connectivity index is 1.86. The van der Waals surface area contributed by atoms with Crippen LogP contribution in [-0.4, -0.2) is 23.4 Å². The maximum absolute atomic E-state index is 12.1. The Kier molecular flexibility index (Phi) is 3.45. The molecule has 1 aromatic carbocycles. The van der Waals surface area contributed by atoms with Crippen LogP contribution < -0.4 is 15.4 Å². The van der Waals surface area contributed by atoms with Gasteiger partial charge in [-0.2, -0.15) is 0 Å². The van der Waals surface area contributed by atoms with E-state index in [4.69, 9.17) is 16.3 Å². The number of benzene rings is 1. The van der Waals surface area contributed by atoms with Crippen LogP contribution in [0.4, 0.5) is 11.4 Å². The number of carbonyl (C=O) groups excluding carboxylic acids is 2. The van der Waals surface area contributed by atoms with E-state index in [0.29, 0.717) is 27.7 Å². The lowest BCUT2D eigenvalue weighted by Gasteiger charge is -2.19. The molecule has 0 atom stereocenters. The standard InChI is InChI=1S/C14H10ClN3O3/c15-9-5-11-12(21-7-13(19)17-11)6-10(9)18-14(20)8-1-3-16-4-2-8/h1-6H,7H2,(H,17,19)(H,18,20). The zero-order valence-corrected chi connectivity index (χ0v) is 11.5. The van der Waals surface area contributed by atoms with Gasteiger partial charge in [-0.25, -0.2) is 0 Å². The van der Waals surface area contributed by atoms with E-state index in [-0.39, 0.29) is 18.4 Å². The van der Waals surface area contributed by atoms with Gasteiger partial charge >= 0.3 is 0 Å². The molecule has 1 aromatic heterocycles. The van der Waals surface area contributed by atoms with Gasteiger partial charge in [-0.1, -0.05) is 11.6 Å². The number of carbonyl (C=O) groups is 2. The number of nitrogens with one attached hydrogen (secondary N) is 2. The van der Waals surface area contributed by atoms with Crippen molar-refractivity contribution in [2.75, 3.05) is 17.2 Å². The Bertz CT molecular complexity index is 719. The van der Waals surface area contributed by atoms with Crippen molar-refractivity contribution in [2.45, 2.75) is 0 Å². The van der Waals surface area contributed by atoms with Gasteiger partial charge in [0.25, 0.3) is 11.8 Å². The molecule has 3 rings (SSSR count). The summed E-state index contributed by atoms with van der Waals surface area (Å²) in [4.78, 5) is 27.2. The molecular formula is C14H10ClN3O3. The number of rotatable bonds is 2. The van der Waals surface area contributed by atoms with E-state index in [1.54, 1.807) is 18.2 Å². The van der Waals surface area contributed by atoms with E-state index in [9.17, 15) is 9.59 Å². The van der Waals surface area contributed by atoms with Crippen molar-refractivity contribution < 1.29 is 14.3 Å². The van der Waals surface area contributed by atoms with Gasteiger partial charge in [0.2, 0.25) is 0 Å². The van der Waals surface area contributed by atoms with Crippen molar-refractivity contribution in [3.8, 4) is 5.75 Å². The summed E-state index contributed by atoms with van der Waals surface area (Å²) in [6, 6.07) is 6.31. The largest absolute Gasteiger partial charge is 0.482 e.